The summed E-state index contributed by atoms with van der Waals surface area (Å²) >= 11 is 0. The van der Waals surface area contributed by atoms with Gasteiger partial charge in [-0.2, -0.15) is 5.26 Å². The summed E-state index contributed by atoms with van der Waals surface area (Å²) in [7, 11) is 0. The van der Waals surface area contributed by atoms with Gasteiger partial charge in [0.15, 0.2) is 0 Å². The molecule has 156 valence electrons. The number of carbonyl (C=O) groups excluding carboxylic acids is 2. The molecule has 1 aromatic carbocycles. The number of likely N-dealkylation sites (tertiary alicyclic amines) is 1. The molecule has 0 bridgehead atoms. The van der Waals surface area contributed by atoms with Crippen LogP contribution in [0.15, 0.2) is 35.1 Å². The highest BCUT2D eigenvalue weighted by Crippen LogP contribution is 2.17. The second kappa shape index (κ2) is 9.40. The molecule has 2 amide bonds. The van der Waals surface area contributed by atoms with Gasteiger partial charge in [-0.05, 0) is 56.4 Å². The average molecular weight is 406 g/mol. The van der Waals surface area contributed by atoms with E-state index in [4.69, 9.17) is 0 Å². The number of piperidine rings is 1. The Morgan fingerprint density at radius 2 is 1.87 bits per heavy atom. The summed E-state index contributed by atoms with van der Waals surface area (Å²) in [6, 6.07) is 11.1. The predicted molar refractivity (Wildman–Crippen MR) is 113 cm³/mol. The SMILES string of the molecule is Cc1[nH]c(=O)c(C#N)c(C)c1CCC(=O)N1CCC(NC(=O)c2ccccc2)CC1. The maximum Gasteiger partial charge on any atom is 0.266 e. The number of hydrogen-bond donors (Lipinski definition) is 2. The van der Waals surface area contributed by atoms with Crippen LogP contribution in [-0.2, 0) is 11.2 Å². The first-order chi connectivity index (χ1) is 14.4. The van der Waals surface area contributed by atoms with E-state index in [1.807, 2.05) is 29.2 Å². The van der Waals surface area contributed by atoms with E-state index in [1.54, 1.807) is 26.0 Å². The van der Waals surface area contributed by atoms with Crippen molar-refractivity contribution < 1.29 is 9.59 Å². The number of nitrogens with one attached hydrogen (secondary N) is 2. The Balaban J connectivity index is 1.52. The first-order valence-corrected chi connectivity index (χ1v) is 10.2. The van der Waals surface area contributed by atoms with Crippen LogP contribution in [0.4, 0.5) is 0 Å². The van der Waals surface area contributed by atoms with Crippen LogP contribution in [0.5, 0.6) is 0 Å². The van der Waals surface area contributed by atoms with E-state index in [1.165, 1.54) is 0 Å². The molecule has 1 aromatic heterocycles. The minimum Gasteiger partial charge on any atom is -0.349 e. The predicted octanol–water partition coefficient (Wildman–Crippen LogP) is 2.22. The molecule has 7 heteroatoms. The van der Waals surface area contributed by atoms with Crippen molar-refractivity contribution in [3.63, 3.8) is 0 Å². The number of aromatic amines is 1. The third kappa shape index (κ3) is 4.77. The lowest BCUT2D eigenvalue weighted by atomic mass is 9.98. The van der Waals surface area contributed by atoms with Crippen molar-refractivity contribution in [3.8, 4) is 6.07 Å². The first kappa shape index (κ1) is 21.3. The Labute approximate surface area is 175 Å². The van der Waals surface area contributed by atoms with Crippen molar-refractivity contribution >= 4 is 11.8 Å². The Kier molecular flexibility index (Phi) is 6.68. The van der Waals surface area contributed by atoms with E-state index in [0.29, 0.717) is 42.8 Å². The zero-order valence-electron chi connectivity index (χ0n) is 17.3. The number of rotatable bonds is 5. The van der Waals surface area contributed by atoms with Crippen LogP contribution in [0.25, 0.3) is 0 Å². The van der Waals surface area contributed by atoms with Crippen molar-refractivity contribution in [2.24, 2.45) is 0 Å². The molecule has 2 N–H and O–H groups in total. The molecule has 1 fully saturated rings. The molecule has 0 saturated carbocycles. The van der Waals surface area contributed by atoms with Gasteiger partial charge in [0.2, 0.25) is 5.91 Å². The molecule has 2 aromatic rings. The molecule has 1 saturated heterocycles. The van der Waals surface area contributed by atoms with Gasteiger partial charge in [0.1, 0.15) is 11.6 Å². The van der Waals surface area contributed by atoms with Gasteiger partial charge in [-0.15, -0.1) is 0 Å². The zero-order chi connectivity index (χ0) is 21.7. The summed E-state index contributed by atoms with van der Waals surface area (Å²) in [4.78, 5) is 41.3. The van der Waals surface area contributed by atoms with Crippen LogP contribution in [0.3, 0.4) is 0 Å². The highest BCUT2D eigenvalue weighted by molar-refractivity contribution is 5.94. The molecule has 0 spiro atoms. The van der Waals surface area contributed by atoms with Gasteiger partial charge in [-0.3, -0.25) is 14.4 Å². The number of H-pyrrole nitrogens is 1. The van der Waals surface area contributed by atoms with Crippen molar-refractivity contribution in [1.82, 2.24) is 15.2 Å². The van der Waals surface area contributed by atoms with Crippen LogP contribution < -0.4 is 10.9 Å². The molecule has 0 unspecified atom stereocenters. The highest BCUT2D eigenvalue weighted by atomic mass is 16.2. The number of carbonyl (C=O) groups is 2. The summed E-state index contributed by atoms with van der Waals surface area (Å²) in [6.07, 6.45) is 2.24. The molecule has 0 atom stereocenters. The van der Waals surface area contributed by atoms with Gasteiger partial charge < -0.3 is 15.2 Å². The Hall–Kier alpha value is -3.40. The maximum atomic E-state index is 12.7. The lowest BCUT2D eigenvalue weighted by Gasteiger charge is -2.32. The largest absolute Gasteiger partial charge is 0.349 e. The van der Waals surface area contributed by atoms with E-state index in [-0.39, 0.29) is 29.0 Å². The third-order valence-electron chi connectivity index (χ3n) is 5.73. The normalized spacial score (nSPS) is 14.2. The summed E-state index contributed by atoms with van der Waals surface area (Å²) in [6.45, 7) is 4.75. The number of benzene rings is 1. The summed E-state index contributed by atoms with van der Waals surface area (Å²) in [5, 5.41) is 12.2. The molecule has 2 heterocycles. The fraction of sp³-hybridized carbons (Fsp3) is 0.391. The van der Waals surface area contributed by atoms with Gasteiger partial charge in [0.05, 0.1) is 0 Å². The Morgan fingerprint density at radius 3 is 2.50 bits per heavy atom. The molecular weight excluding hydrogens is 380 g/mol. The third-order valence-corrected chi connectivity index (χ3v) is 5.73. The van der Waals surface area contributed by atoms with E-state index >= 15 is 0 Å². The van der Waals surface area contributed by atoms with Crippen molar-refractivity contribution in [1.29, 1.82) is 5.26 Å². The van der Waals surface area contributed by atoms with Crippen LogP contribution in [0.1, 0.15) is 52.0 Å². The van der Waals surface area contributed by atoms with Crippen molar-refractivity contribution in [2.45, 2.75) is 45.6 Å². The average Bonchev–Trinajstić information content (AvgIpc) is 2.74. The van der Waals surface area contributed by atoms with Crippen molar-refractivity contribution in [3.05, 3.63) is 68.6 Å². The number of aryl methyl sites for hydroxylation is 1. The van der Waals surface area contributed by atoms with Gasteiger partial charge in [0.25, 0.3) is 11.5 Å². The summed E-state index contributed by atoms with van der Waals surface area (Å²) < 4.78 is 0. The number of nitriles is 1. The number of hydrogen-bond acceptors (Lipinski definition) is 4. The molecule has 3 rings (SSSR count). The Morgan fingerprint density at radius 1 is 1.20 bits per heavy atom. The monoisotopic (exact) mass is 406 g/mol. The van der Waals surface area contributed by atoms with Crippen LogP contribution in [0, 0.1) is 25.2 Å². The first-order valence-electron chi connectivity index (χ1n) is 10.2. The van der Waals surface area contributed by atoms with Crippen LogP contribution in [0.2, 0.25) is 0 Å². The zero-order valence-corrected chi connectivity index (χ0v) is 17.3. The van der Waals surface area contributed by atoms with Gasteiger partial charge in [0, 0.05) is 36.8 Å². The van der Waals surface area contributed by atoms with Crippen molar-refractivity contribution in [2.75, 3.05) is 13.1 Å². The topological polar surface area (TPSA) is 106 Å². The van der Waals surface area contributed by atoms with Crippen LogP contribution in [-0.4, -0.2) is 40.8 Å². The van der Waals surface area contributed by atoms with E-state index < -0.39 is 0 Å². The quantitative estimate of drug-likeness (QED) is 0.794. The standard InChI is InChI=1S/C23H26N4O3/c1-15-19(16(2)25-23(30)20(15)14-24)8-9-21(28)27-12-10-18(11-13-27)26-22(29)17-6-4-3-5-7-17/h3-7,18H,8-13H2,1-2H3,(H,25,30)(H,26,29). The minimum atomic E-state index is -0.387. The minimum absolute atomic E-state index is 0.0475. The van der Waals surface area contributed by atoms with E-state index in [2.05, 4.69) is 10.3 Å². The molecule has 1 aliphatic heterocycles. The van der Waals surface area contributed by atoms with Gasteiger partial charge >= 0.3 is 0 Å². The lowest BCUT2D eigenvalue weighted by molar-refractivity contribution is -0.132. The second-order valence-electron chi connectivity index (χ2n) is 7.66. The highest BCUT2D eigenvalue weighted by Gasteiger charge is 2.24. The lowest BCUT2D eigenvalue weighted by Crippen LogP contribution is -2.46. The molecule has 7 nitrogen and oxygen atoms in total. The number of pyridine rings is 1. The smallest absolute Gasteiger partial charge is 0.266 e. The molecule has 0 aliphatic carbocycles. The summed E-state index contributed by atoms with van der Waals surface area (Å²) in [5.41, 5.74) is 2.56. The van der Waals surface area contributed by atoms with E-state index in [0.717, 1.165) is 18.4 Å². The number of nitrogens with zero attached hydrogens (tertiary/aromatic N) is 2. The fourth-order valence-corrected chi connectivity index (χ4v) is 3.94. The second-order valence-corrected chi connectivity index (χ2v) is 7.66. The van der Waals surface area contributed by atoms with Crippen LogP contribution >= 0.6 is 0 Å². The van der Waals surface area contributed by atoms with E-state index in [9.17, 15) is 19.6 Å². The maximum absolute atomic E-state index is 12.7. The number of amides is 2. The molecule has 30 heavy (non-hydrogen) atoms. The van der Waals surface area contributed by atoms with Gasteiger partial charge in [-0.25, -0.2) is 0 Å². The Bertz CT molecular complexity index is 1030. The summed E-state index contributed by atoms with van der Waals surface area (Å²) in [5.74, 6) is -0.0379. The number of aromatic nitrogens is 1. The molecular formula is C23H26N4O3. The molecule has 0 radical (unpaired) electrons. The molecule has 1 aliphatic rings. The van der Waals surface area contributed by atoms with Gasteiger partial charge in [-0.1, -0.05) is 18.2 Å². The fourth-order valence-electron chi connectivity index (χ4n) is 3.94.